The summed E-state index contributed by atoms with van der Waals surface area (Å²) in [5.41, 5.74) is 0.598. The zero-order chi connectivity index (χ0) is 13.5. The van der Waals surface area contributed by atoms with Crippen molar-refractivity contribution in [1.82, 2.24) is 4.90 Å². The minimum atomic E-state index is -0.0604. The molecule has 0 aliphatic carbocycles. The zero-order valence-electron chi connectivity index (χ0n) is 10.2. The van der Waals surface area contributed by atoms with Gasteiger partial charge in [-0.25, -0.2) is 0 Å². The molecule has 1 aromatic carbocycles. The van der Waals surface area contributed by atoms with Crippen LogP contribution in [0.4, 0.5) is 0 Å². The van der Waals surface area contributed by atoms with E-state index in [0.717, 1.165) is 9.37 Å². The van der Waals surface area contributed by atoms with Crippen LogP contribution in [0.5, 0.6) is 0 Å². The summed E-state index contributed by atoms with van der Waals surface area (Å²) in [6, 6.07) is 5.40. The van der Waals surface area contributed by atoms with Crippen molar-refractivity contribution in [2.75, 3.05) is 26.8 Å². The smallest absolute Gasteiger partial charge is 0.255 e. The second-order valence-corrected chi connectivity index (χ2v) is 5.07. The highest BCUT2D eigenvalue weighted by atomic mass is 79.9. The summed E-state index contributed by atoms with van der Waals surface area (Å²) in [6.07, 6.45) is 1.70. The van der Waals surface area contributed by atoms with E-state index in [9.17, 15) is 4.79 Å². The second-order valence-electron chi connectivity index (χ2n) is 3.70. The van der Waals surface area contributed by atoms with Crippen LogP contribution in [-0.4, -0.2) is 37.6 Å². The molecule has 0 spiro atoms. The molecule has 0 aliphatic heterocycles. The van der Waals surface area contributed by atoms with Gasteiger partial charge in [0, 0.05) is 29.6 Å². The molecular weight excluding hydrogens is 314 g/mol. The monoisotopic (exact) mass is 329 g/mol. The van der Waals surface area contributed by atoms with Crippen LogP contribution in [-0.2, 0) is 4.74 Å². The number of rotatable bonds is 6. The molecule has 3 nitrogen and oxygen atoms in total. The van der Waals surface area contributed by atoms with E-state index in [0.29, 0.717) is 25.3 Å². The predicted octanol–water partition coefficient (Wildman–Crippen LogP) is 3.01. The molecule has 0 saturated heterocycles. The van der Waals surface area contributed by atoms with Gasteiger partial charge in [-0.05, 0) is 34.1 Å². The van der Waals surface area contributed by atoms with Gasteiger partial charge in [-0.15, -0.1) is 19.2 Å². The number of benzene rings is 1. The van der Waals surface area contributed by atoms with Crippen LogP contribution in [0.3, 0.4) is 0 Å². The Labute approximate surface area is 121 Å². The van der Waals surface area contributed by atoms with Gasteiger partial charge in [0.05, 0.1) is 12.2 Å². The Morgan fingerprint density at radius 3 is 2.94 bits per heavy atom. The van der Waals surface area contributed by atoms with Crippen molar-refractivity contribution < 1.29 is 9.53 Å². The first-order valence-electron chi connectivity index (χ1n) is 5.47. The van der Waals surface area contributed by atoms with Crippen LogP contribution >= 0.6 is 28.6 Å². The van der Waals surface area contributed by atoms with Crippen LogP contribution in [0.15, 0.2) is 40.2 Å². The van der Waals surface area contributed by atoms with Crippen molar-refractivity contribution in [2.45, 2.75) is 4.90 Å². The maximum absolute atomic E-state index is 12.4. The molecule has 1 rings (SSSR count). The fourth-order valence-corrected chi connectivity index (χ4v) is 2.10. The first kappa shape index (κ1) is 15.3. The first-order chi connectivity index (χ1) is 8.60. The molecule has 0 atom stereocenters. The van der Waals surface area contributed by atoms with Crippen molar-refractivity contribution in [1.29, 1.82) is 0 Å². The van der Waals surface area contributed by atoms with Crippen LogP contribution < -0.4 is 0 Å². The fourth-order valence-electron chi connectivity index (χ4n) is 1.48. The van der Waals surface area contributed by atoms with Crippen LogP contribution in [0.1, 0.15) is 10.4 Å². The average molecular weight is 330 g/mol. The molecule has 1 aromatic rings. The Balaban J connectivity index is 2.93. The van der Waals surface area contributed by atoms with E-state index in [-0.39, 0.29) is 5.91 Å². The summed E-state index contributed by atoms with van der Waals surface area (Å²) in [5.74, 6) is -0.0604. The summed E-state index contributed by atoms with van der Waals surface area (Å²) in [7, 11) is 1.61. The topological polar surface area (TPSA) is 29.5 Å². The maximum Gasteiger partial charge on any atom is 0.255 e. The third-order valence-electron chi connectivity index (χ3n) is 2.38. The normalized spacial score (nSPS) is 10.2. The summed E-state index contributed by atoms with van der Waals surface area (Å²) in [5, 5.41) is 0. The molecule has 0 aromatic heterocycles. The number of methoxy groups -OCH3 is 1. The first-order valence-corrected chi connectivity index (χ1v) is 6.71. The lowest BCUT2D eigenvalue weighted by atomic mass is 10.2. The lowest BCUT2D eigenvalue weighted by Crippen LogP contribution is -2.34. The Kier molecular flexibility index (Phi) is 6.46. The molecule has 0 N–H and O–H groups in total. The zero-order valence-corrected chi connectivity index (χ0v) is 12.7. The molecule has 0 heterocycles. The van der Waals surface area contributed by atoms with E-state index in [4.69, 9.17) is 4.74 Å². The largest absolute Gasteiger partial charge is 0.383 e. The van der Waals surface area contributed by atoms with Gasteiger partial charge in [-0.3, -0.25) is 4.79 Å². The molecule has 18 heavy (non-hydrogen) atoms. The number of hydrogen-bond donors (Lipinski definition) is 1. The summed E-state index contributed by atoms with van der Waals surface area (Å²) < 4.78 is 5.76. The Morgan fingerprint density at radius 2 is 2.33 bits per heavy atom. The molecule has 0 fully saturated rings. The highest BCUT2D eigenvalue weighted by Gasteiger charge is 2.17. The summed E-state index contributed by atoms with van der Waals surface area (Å²) >= 11 is 7.63. The Morgan fingerprint density at radius 1 is 1.61 bits per heavy atom. The average Bonchev–Trinajstić information content (AvgIpc) is 2.36. The lowest BCUT2D eigenvalue weighted by molar-refractivity contribution is 0.0717. The van der Waals surface area contributed by atoms with Gasteiger partial charge in [0.25, 0.3) is 5.91 Å². The molecule has 0 aliphatic rings. The number of hydrogen-bond acceptors (Lipinski definition) is 3. The molecule has 0 unspecified atom stereocenters. The maximum atomic E-state index is 12.4. The number of halogens is 1. The van der Waals surface area contributed by atoms with Gasteiger partial charge in [-0.2, -0.15) is 0 Å². The van der Waals surface area contributed by atoms with Crippen LogP contribution in [0, 0.1) is 0 Å². The molecule has 1 amide bonds. The van der Waals surface area contributed by atoms with Gasteiger partial charge in [0.15, 0.2) is 0 Å². The predicted molar refractivity (Wildman–Crippen MR) is 79.4 cm³/mol. The Bertz CT molecular complexity index is 437. The van der Waals surface area contributed by atoms with Crippen molar-refractivity contribution >= 4 is 34.5 Å². The number of carbonyl (C=O) groups is 1. The summed E-state index contributed by atoms with van der Waals surface area (Å²) in [4.78, 5) is 14.8. The van der Waals surface area contributed by atoms with E-state index in [1.54, 1.807) is 24.2 Å². The van der Waals surface area contributed by atoms with E-state index >= 15 is 0 Å². The molecule has 0 saturated carbocycles. The number of thiol groups is 1. The van der Waals surface area contributed by atoms with E-state index in [1.165, 1.54) is 0 Å². The molecule has 0 bridgehead atoms. The molecular formula is C13H16BrNO2S. The highest BCUT2D eigenvalue weighted by molar-refractivity contribution is 9.10. The van der Waals surface area contributed by atoms with E-state index in [2.05, 4.69) is 35.1 Å². The van der Waals surface area contributed by atoms with Gasteiger partial charge in [-0.1, -0.05) is 6.08 Å². The van der Waals surface area contributed by atoms with Crippen molar-refractivity contribution in [3.8, 4) is 0 Å². The molecule has 0 radical (unpaired) electrons. The Hall–Kier alpha value is -0.780. The quantitative estimate of drug-likeness (QED) is 0.642. The lowest BCUT2D eigenvalue weighted by Gasteiger charge is -2.21. The van der Waals surface area contributed by atoms with Crippen molar-refractivity contribution in [3.63, 3.8) is 0 Å². The van der Waals surface area contributed by atoms with Crippen molar-refractivity contribution in [2.24, 2.45) is 0 Å². The third kappa shape index (κ3) is 4.15. The summed E-state index contributed by atoms with van der Waals surface area (Å²) in [6.45, 7) is 5.18. The second kappa shape index (κ2) is 7.61. The van der Waals surface area contributed by atoms with Crippen molar-refractivity contribution in [3.05, 3.63) is 40.9 Å². The molecule has 98 valence electrons. The standard InChI is InChI=1S/C13H16BrNO2S/c1-3-6-15(7-8-17-2)13(16)11-9-10(18)4-5-12(11)14/h3-5,9,18H,1,6-8H2,2H3. The SMILES string of the molecule is C=CCN(CCOC)C(=O)c1cc(S)ccc1Br. The highest BCUT2D eigenvalue weighted by Crippen LogP contribution is 2.21. The fraction of sp³-hybridized carbons (Fsp3) is 0.308. The van der Waals surface area contributed by atoms with Gasteiger partial charge in [0.2, 0.25) is 0 Å². The van der Waals surface area contributed by atoms with Gasteiger partial charge >= 0.3 is 0 Å². The number of amides is 1. The van der Waals surface area contributed by atoms with Crippen LogP contribution in [0.25, 0.3) is 0 Å². The van der Waals surface area contributed by atoms with Gasteiger partial charge in [0.1, 0.15) is 0 Å². The van der Waals surface area contributed by atoms with E-state index in [1.807, 2.05) is 12.1 Å². The number of nitrogens with zero attached hydrogens (tertiary/aromatic N) is 1. The minimum Gasteiger partial charge on any atom is -0.383 e. The minimum absolute atomic E-state index is 0.0604. The van der Waals surface area contributed by atoms with Gasteiger partial charge < -0.3 is 9.64 Å². The molecule has 5 heteroatoms. The van der Waals surface area contributed by atoms with E-state index < -0.39 is 0 Å². The third-order valence-corrected chi connectivity index (χ3v) is 3.35. The van der Waals surface area contributed by atoms with Crippen LogP contribution in [0.2, 0.25) is 0 Å². The number of carbonyl (C=O) groups excluding carboxylic acids is 1. The number of ether oxygens (including phenoxy) is 1.